The zero-order valence-electron chi connectivity index (χ0n) is 14.9. The summed E-state index contributed by atoms with van der Waals surface area (Å²) in [7, 11) is 0. The highest BCUT2D eigenvalue weighted by atomic mass is 32.1. The number of tetrazole rings is 1. The average molecular weight is 356 g/mol. The molecule has 0 saturated heterocycles. The maximum absolute atomic E-state index is 4.24. The molecule has 3 rings (SSSR count). The molecule has 0 spiro atoms. The van der Waals surface area contributed by atoms with Gasteiger partial charge in [0.2, 0.25) is 0 Å². The highest BCUT2D eigenvalue weighted by molar-refractivity contribution is 7.11. The molecule has 2 aromatic heterocycles. The highest BCUT2D eigenvalue weighted by Crippen LogP contribution is 2.18. The van der Waals surface area contributed by atoms with Gasteiger partial charge in [0, 0.05) is 29.4 Å². The lowest BCUT2D eigenvalue weighted by Gasteiger charge is -2.21. The van der Waals surface area contributed by atoms with Gasteiger partial charge in [0.25, 0.3) is 0 Å². The van der Waals surface area contributed by atoms with E-state index in [-0.39, 0.29) is 0 Å². The normalized spacial score (nSPS) is 11.3. The Kier molecular flexibility index (Phi) is 6.30. The zero-order chi connectivity index (χ0) is 17.5. The van der Waals surface area contributed by atoms with E-state index in [1.54, 1.807) is 0 Å². The number of nitrogens with zero attached hydrogens (tertiary/aromatic N) is 5. The van der Waals surface area contributed by atoms with E-state index in [0.717, 1.165) is 44.8 Å². The van der Waals surface area contributed by atoms with Gasteiger partial charge in [-0.1, -0.05) is 37.3 Å². The second-order valence-corrected chi connectivity index (χ2v) is 7.65. The van der Waals surface area contributed by atoms with E-state index in [1.165, 1.54) is 15.3 Å². The van der Waals surface area contributed by atoms with Crippen molar-refractivity contribution in [2.24, 2.45) is 0 Å². The van der Waals surface area contributed by atoms with Crippen molar-refractivity contribution in [3.8, 4) is 0 Å². The summed E-state index contributed by atoms with van der Waals surface area (Å²) in [6.07, 6.45) is 2.06. The van der Waals surface area contributed by atoms with Crippen molar-refractivity contribution in [2.75, 3.05) is 6.54 Å². The molecule has 3 aromatic rings. The van der Waals surface area contributed by atoms with Gasteiger partial charge in [-0.3, -0.25) is 4.90 Å². The molecule has 132 valence electrons. The van der Waals surface area contributed by atoms with Crippen molar-refractivity contribution in [1.29, 1.82) is 0 Å². The average Bonchev–Trinajstić information content (AvgIpc) is 3.23. The topological polar surface area (TPSA) is 46.8 Å². The number of hydrogen-bond acceptors (Lipinski definition) is 5. The van der Waals surface area contributed by atoms with E-state index < -0.39 is 0 Å². The molecule has 0 atom stereocenters. The van der Waals surface area contributed by atoms with Crippen LogP contribution >= 0.6 is 11.3 Å². The van der Waals surface area contributed by atoms with Gasteiger partial charge in [0.15, 0.2) is 5.82 Å². The van der Waals surface area contributed by atoms with Crippen molar-refractivity contribution in [3.05, 3.63) is 63.6 Å². The first-order chi connectivity index (χ1) is 12.2. The second-order valence-electron chi connectivity index (χ2n) is 6.28. The molecule has 0 amide bonds. The van der Waals surface area contributed by atoms with Gasteiger partial charge >= 0.3 is 0 Å². The van der Waals surface area contributed by atoms with Crippen LogP contribution < -0.4 is 0 Å². The fourth-order valence-electron chi connectivity index (χ4n) is 2.86. The van der Waals surface area contributed by atoms with Crippen LogP contribution in [0, 0.1) is 6.92 Å². The minimum Gasteiger partial charge on any atom is -0.290 e. The number of aryl methyl sites for hydroxylation is 2. The summed E-state index contributed by atoms with van der Waals surface area (Å²) in [5, 5.41) is 12.2. The van der Waals surface area contributed by atoms with Gasteiger partial charge in [-0.05, 0) is 47.9 Å². The number of thiophene rings is 1. The van der Waals surface area contributed by atoms with Crippen molar-refractivity contribution < 1.29 is 0 Å². The minimum absolute atomic E-state index is 0.775. The summed E-state index contributed by atoms with van der Waals surface area (Å²) in [5.74, 6) is 0.947. The first-order valence-corrected chi connectivity index (χ1v) is 9.63. The SMILES string of the molecule is CCCn1nnnc1CN(CCc1ccccc1)Cc1ccc(C)s1. The summed E-state index contributed by atoms with van der Waals surface area (Å²) < 4.78 is 1.93. The molecule has 0 aliphatic carbocycles. The monoisotopic (exact) mass is 355 g/mol. The fourth-order valence-corrected chi connectivity index (χ4v) is 3.79. The van der Waals surface area contributed by atoms with Gasteiger partial charge < -0.3 is 0 Å². The van der Waals surface area contributed by atoms with Gasteiger partial charge in [0.05, 0.1) is 6.54 Å². The van der Waals surface area contributed by atoms with Crippen LogP contribution in [-0.2, 0) is 26.1 Å². The largest absolute Gasteiger partial charge is 0.290 e. The minimum atomic E-state index is 0.775. The van der Waals surface area contributed by atoms with Crippen molar-refractivity contribution >= 4 is 11.3 Å². The molecule has 0 fully saturated rings. The lowest BCUT2D eigenvalue weighted by Crippen LogP contribution is -2.27. The summed E-state index contributed by atoms with van der Waals surface area (Å²) in [4.78, 5) is 5.18. The van der Waals surface area contributed by atoms with Crippen LogP contribution in [0.25, 0.3) is 0 Å². The Morgan fingerprint density at radius 2 is 1.92 bits per heavy atom. The quantitative estimate of drug-likeness (QED) is 0.587. The van der Waals surface area contributed by atoms with E-state index in [1.807, 2.05) is 16.0 Å². The predicted molar refractivity (Wildman–Crippen MR) is 101 cm³/mol. The molecule has 6 heteroatoms. The van der Waals surface area contributed by atoms with Crippen molar-refractivity contribution in [2.45, 2.75) is 46.3 Å². The Labute approximate surface area is 153 Å². The Hall–Kier alpha value is -2.05. The van der Waals surface area contributed by atoms with Crippen LogP contribution in [0.5, 0.6) is 0 Å². The first-order valence-electron chi connectivity index (χ1n) is 8.81. The molecule has 0 bridgehead atoms. The van der Waals surface area contributed by atoms with Crippen molar-refractivity contribution in [3.63, 3.8) is 0 Å². The zero-order valence-corrected chi connectivity index (χ0v) is 15.7. The molecular formula is C19H25N5S. The Morgan fingerprint density at radius 1 is 1.08 bits per heavy atom. The van der Waals surface area contributed by atoms with E-state index in [0.29, 0.717) is 0 Å². The maximum Gasteiger partial charge on any atom is 0.165 e. The van der Waals surface area contributed by atoms with E-state index in [4.69, 9.17) is 0 Å². The first kappa shape index (κ1) is 17.8. The highest BCUT2D eigenvalue weighted by Gasteiger charge is 2.13. The molecule has 0 saturated carbocycles. The van der Waals surface area contributed by atoms with Gasteiger partial charge in [-0.2, -0.15) is 0 Å². The fraction of sp³-hybridized carbons (Fsp3) is 0.421. The van der Waals surface area contributed by atoms with E-state index in [2.05, 4.69) is 76.7 Å². The van der Waals surface area contributed by atoms with Crippen LogP contribution in [0.3, 0.4) is 0 Å². The van der Waals surface area contributed by atoms with Crippen LogP contribution in [0.1, 0.15) is 34.5 Å². The Balaban J connectivity index is 1.70. The molecule has 0 aliphatic rings. The third kappa shape index (κ3) is 5.21. The standard InChI is InChI=1S/C19H25N5S/c1-3-12-24-19(20-21-22-24)15-23(14-18-10-9-16(2)25-18)13-11-17-7-5-4-6-8-17/h4-10H,3,11-15H2,1-2H3. The van der Waals surface area contributed by atoms with Crippen LogP contribution in [0.4, 0.5) is 0 Å². The molecule has 0 unspecified atom stereocenters. The third-order valence-electron chi connectivity index (χ3n) is 4.14. The smallest absolute Gasteiger partial charge is 0.165 e. The van der Waals surface area contributed by atoms with Crippen molar-refractivity contribution in [1.82, 2.24) is 25.1 Å². The van der Waals surface area contributed by atoms with Gasteiger partial charge in [-0.15, -0.1) is 16.4 Å². The molecule has 0 radical (unpaired) electrons. The van der Waals surface area contributed by atoms with Gasteiger partial charge in [-0.25, -0.2) is 4.68 Å². The predicted octanol–water partition coefficient (Wildman–Crippen LogP) is 3.70. The van der Waals surface area contributed by atoms with E-state index >= 15 is 0 Å². The molecular weight excluding hydrogens is 330 g/mol. The Bertz CT molecular complexity index is 765. The van der Waals surface area contributed by atoms with Gasteiger partial charge in [0.1, 0.15) is 0 Å². The molecule has 0 N–H and O–H groups in total. The van der Waals surface area contributed by atoms with Crippen LogP contribution in [0.2, 0.25) is 0 Å². The number of benzene rings is 1. The molecule has 0 aliphatic heterocycles. The van der Waals surface area contributed by atoms with E-state index in [9.17, 15) is 0 Å². The van der Waals surface area contributed by atoms with Crippen LogP contribution in [0.15, 0.2) is 42.5 Å². The molecule has 5 nitrogen and oxygen atoms in total. The maximum atomic E-state index is 4.24. The molecule has 1 aromatic carbocycles. The summed E-state index contributed by atoms with van der Waals surface area (Å²) in [5.41, 5.74) is 1.36. The second kappa shape index (κ2) is 8.87. The third-order valence-corrected chi connectivity index (χ3v) is 5.13. The lowest BCUT2D eigenvalue weighted by molar-refractivity contribution is 0.250. The Morgan fingerprint density at radius 3 is 2.64 bits per heavy atom. The molecule has 2 heterocycles. The van der Waals surface area contributed by atoms with Crippen LogP contribution in [-0.4, -0.2) is 31.7 Å². The lowest BCUT2D eigenvalue weighted by atomic mass is 10.1. The summed E-state index contributed by atoms with van der Waals surface area (Å²) >= 11 is 1.86. The number of aromatic nitrogens is 4. The summed E-state index contributed by atoms with van der Waals surface area (Å²) in [6.45, 7) is 7.87. The molecule has 25 heavy (non-hydrogen) atoms. The number of hydrogen-bond donors (Lipinski definition) is 0. The number of rotatable bonds is 9. The summed E-state index contributed by atoms with van der Waals surface area (Å²) in [6, 6.07) is 15.1.